The summed E-state index contributed by atoms with van der Waals surface area (Å²) in [5.41, 5.74) is 11.2. The molecule has 174 valence electrons. The van der Waals surface area contributed by atoms with Gasteiger partial charge >= 0.3 is 0 Å². The van der Waals surface area contributed by atoms with Crippen LogP contribution in [0.25, 0.3) is 0 Å². The molecule has 0 spiro atoms. The molecule has 2 rings (SSSR count). The van der Waals surface area contributed by atoms with Crippen LogP contribution < -0.4 is 22.1 Å². The van der Waals surface area contributed by atoms with Crippen LogP contribution in [0.15, 0.2) is 0 Å². The lowest BCUT2D eigenvalue weighted by molar-refractivity contribution is -0.142. The third kappa shape index (κ3) is 6.67. The molecule has 0 saturated carbocycles. The van der Waals surface area contributed by atoms with Crippen LogP contribution in [0.5, 0.6) is 0 Å². The highest BCUT2D eigenvalue weighted by atomic mass is 16.3. The van der Waals surface area contributed by atoms with E-state index in [-0.39, 0.29) is 11.8 Å². The van der Waals surface area contributed by atoms with Crippen molar-refractivity contribution in [3.63, 3.8) is 0 Å². The summed E-state index contributed by atoms with van der Waals surface area (Å²) in [7, 11) is 0. The van der Waals surface area contributed by atoms with Crippen LogP contribution >= 0.6 is 0 Å². The van der Waals surface area contributed by atoms with Crippen LogP contribution in [0, 0.1) is 0 Å². The number of likely N-dealkylation sites (tertiary alicyclic amines) is 1. The van der Waals surface area contributed by atoms with Gasteiger partial charge in [0, 0.05) is 6.54 Å². The van der Waals surface area contributed by atoms with E-state index in [1.807, 2.05) is 0 Å². The minimum Gasteiger partial charge on any atom is -0.391 e. The Labute approximate surface area is 180 Å². The van der Waals surface area contributed by atoms with Crippen LogP contribution in [-0.4, -0.2) is 85.7 Å². The number of aromatic nitrogens is 4. The summed E-state index contributed by atoms with van der Waals surface area (Å²) in [5, 5.41) is 28.5. The Morgan fingerprint density at radius 2 is 2.03 bits per heavy atom. The van der Waals surface area contributed by atoms with E-state index >= 15 is 0 Å². The number of aliphatic hydroxyl groups excluding tert-OH is 1. The molecule has 0 radical (unpaired) electrons. The Morgan fingerprint density at radius 3 is 2.65 bits per heavy atom. The van der Waals surface area contributed by atoms with Crippen molar-refractivity contribution >= 4 is 17.7 Å². The first-order valence-electron chi connectivity index (χ1n) is 10.5. The van der Waals surface area contributed by atoms with Gasteiger partial charge in [-0.25, -0.2) is 0 Å². The number of unbranched alkanes of at least 4 members (excludes halogenated alkanes) is 1. The molecular formula is C18H33N9O4. The van der Waals surface area contributed by atoms with E-state index in [1.54, 1.807) is 6.92 Å². The SMILES string of the molecule is CC(NC(=O)[C@@H]1CCCN1C(=O)[C@H](CCCCN)NC(=O)[C@@H](N)[C@@H](C)O)c1nn[nH]n1. The van der Waals surface area contributed by atoms with E-state index in [0.717, 1.165) is 0 Å². The highest BCUT2D eigenvalue weighted by Crippen LogP contribution is 2.21. The summed E-state index contributed by atoms with van der Waals surface area (Å²) >= 11 is 0. The highest BCUT2D eigenvalue weighted by Gasteiger charge is 2.38. The van der Waals surface area contributed by atoms with Crippen molar-refractivity contribution in [2.24, 2.45) is 11.5 Å². The minimum atomic E-state index is -1.15. The van der Waals surface area contributed by atoms with Gasteiger partial charge in [-0.2, -0.15) is 5.21 Å². The smallest absolute Gasteiger partial charge is 0.245 e. The number of nitrogens with zero attached hydrogens (tertiary/aromatic N) is 4. The molecule has 8 N–H and O–H groups in total. The summed E-state index contributed by atoms with van der Waals surface area (Å²) in [6, 6.07) is -3.15. The summed E-state index contributed by atoms with van der Waals surface area (Å²) in [6.45, 7) is 3.99. The van der Waals surface area contributed by atoms with E-state index in [2.05, 4.69) is 31.3 Å². The molecule has 2 heterocycles. The van der Waals surface area contributed by atoms with Gasteiger partial charge in [-0.1, -0.05) is 5.21 Å². The quantitative estimate of drug-likeness (QED) is 0.204. The summed E-state index contributed by atoms with van der Waals surface area (Å²) in [4.78, 5) is 39.9. The molecule has 3 amide bonds. The van der Waals surface area contributed by atoms with Gasteiger partial charge in [-0.05, 0) is 52.5 Å². The molecule has 1 saturated heterocycles. The van der Waals surface area contributed by atoms with Crippen molar-refractivity contribution in [2.75, 3.05) is 13.1 Å². The number of amides is 3. The van der Waals surface area contributed by atoms with Gasteiger partial charge in [0.05, 0.1) is 12.1 Å². The number of nitrogens with one attached hydrogen (secondary N) is 3. The Morgan fingerprint density at radius 1 is 1.29 bits per heavy atom. The second-order valence-electron chi connectivity index (χ2n) is 7.80. The molecule has 13 nitrogen and oxygen atoms in total. The van der Waals surface area contributed by atoms with E-state index in [0.29, 0.717) is 51.0 Å². The maximum atomic E-state index is 13.3. The molecule has 0 bridgehead atoms. The molecule has 5 atom stereocenters. The Balaban J connectivity index is 2.07. The predicted molar refractivity (Wildman–Crippen MR) is 110 cm³/mol. The first-order chi connectivity index (χ1) is 14.8. The fraction of sp³-hybridized carbons (Fsp3) is 0.778. The number of aromatic amines is 1. The number of tetrazole rings is 1. The van der Waals surface area contributed by atoms with Gasteiger partial charge in [-0.3, -0.25) is 14.4 Å². The second-order valence-corrected chi connectivity index (χ2v) is 7.80. The van der Waals surface area contributed by atoms with Gasteiger partial charge in [0.2, 0.25) is 17.7 Å². The molecule has 1 fully saturated rings. The Bertz CT molecular complexity index is 728. The zero-order valence-corrected chi connectivity index (χ0v) is 18.0. The number of carbonyl (C=O) groups is 3. The predicted octanol–water partition coefficient (Wildman–Crippen LogP) is -2.31. The third-order valence-corrected chi connectivity index (χ3v) is 5.33. The van der Waals surface area contributed by atoms with Crippen molar-refractivity contribution in [2.45, 2.75) is 76.2 Å². The molecule has 1 aromatic rings. The average Bonchev–Trinajstić information content (AvgIpc) is 3.43. The molecule has 0 aliphatic carbocycles. The first kappa shape index (κ1) is 24.6. The van der Waals surface area contributed by atoms with Gasteiger partial charge in [-0.15, -0.1) is 10.2 Å². The van der Waals surface area contributed by atoms with Gasteiger partial charge in [0.15, 0.2) is 5.82 Å². The van der Waals surface area contributed by atoms with Crippen molar-refractivity contribution in [3.8, 4) is 0 Å². The number of hydrogen-bond acceptors (Lipinski definition) is 9. The van der Waals surface area contributed by atoms with Crippen molar-refractivity contribution in [1.82, 2.24) is 36.2 Å². The van der Waals surface area contributed by atoms with E-state index in [4.69, 9.17) is 11.5 Å². The van der Waals surface area contributed by atoms with Crippen molar-refractivity contribution < 1.29 is 19.5 Å². The minimum absolute atomic E-state index is 0.323. The fourth-order valence-corrected chi connectivity index (χ4v) is 3.47. The average molecular weight is 440 g/mol. The molecule has 1 aliphatic heterocycles. The molecule has 31 heavy (non-hydrogen) atoms. The lowest BCUT2D eigenvalue weighted by atomic mass is 10.1. The zero-order chi connectivity index (χ0) is 23.0. The highest BCUT2D eigenvalue weighted by molar-refractivity contribution is 5.93. The monoisotopic (exact) mass is 439 g/mol. The fourth-order valence-electron chi connectivity index (χ4n) is 3.47. The number of carbonyl (C=O) groups excluding carboxylic acids is 3. The second kappa shape index (κ2) is 11.7. The van der Waals surface area contributed by atoms with Gasteiger partial charge in [0.1, 0.15) is 18.1 Å². The maximum absolute atomic E-state index is 13.3. The lowest BCUT2D eigenvalue weighted by Gasteiger charge is -2.30. The third-order valence-electron chi connectivity index (χ3n) is 5.33. The van der Waals surface area contributed by atoms with Crippen molar-refractivity contribution in [3.05, 3.63) is 5.82 Å². The Kier molecular flexibility index (Phi) is 9.27. The standard InChI is InChI=1S/C18H33N9O4/c1-10(15-23-25-26-24-15)21-16(29)13-7-5-9-27(13)18(31)12(6-3-4-8-19)22-17(30)14(20)11(2)28/h10-14,28H,3-9,19-20H2,1-2H3,(H,21,29)(H,22,30)(H,23,24,25,26)/t10?,11-,12+,13+,14+/m1/s1. The van der Waals surface area contributed by atoms with Crippen LogP contribution in [0.2, 0.25) is 0 Å². The summed E-state index contributed by atoms with van der Waals surface area (Å²) in [5.74, 6) is -0.959. The molecule has 1 aliphatic rings. The number of hydrogen-bond donors (Lipinski definition) is 6. The molecule has 0 aromatic carbocycles. The molecule has 1 unspecified atom stereocenters. The number of nitrogens with two attached hydrogens (primary N) is 2. The number of rotatable bonds is 11. The summed E-state index contributed by atoms with van der Waals surface area (Å²) < 4.78 is 0. The normalized spacial score (nSPS) is 20.0. The van der Waals surface area contributed by atoms with Crippen molar-refractivity contribution in [1.29, 1.82) is 0 Å². The van der Waals surface area contributed by atoms with Crippen LogP contribution in [0.4, 0.5) is 0 Å². The summed E-state index contributed by atoms with van der Waals surface area (Å²) in [6.07, 6.45) is 1.78. The van der Waals surface area contributed by atoms with Crippen LogP contribution in [0.3, 0.4) is 0 Å². The molecule has 13 heteroatoms. The first-order valence-corrected chi connectivity index (χ1v) is 10.5. The number of aliphatic hydroxyl groups is 1. The van der Waals surface area contributed by atoms with Gasteiger partial charge in [0.25, 0.3) is 0 Å². The molecule has 1 aromatic heterocycles. The van der Waals surface area contributed by atoms with E-state index < -0.39 is 36.2 Å². The topological polar surface area (TPSA) is 205 Å². The number of H-pyrrole nitrogens is 1. The van der Waals surface area contributed by atoms with Gasteiger partial charge < -0.3 is 32.1 Å². The van der Waals surface area contributed by atoms with E-state index in [9.17, 15) is 19.5 Å². The van der Waals surface area contributed by atoms with Crippen LogP contribution in [0.1, 0.15) is 57.8 Å². The van der Waals surface area contributed by atoms with Crippen LogP contribution in [-0.2, 0) is 14.4 Å². The Hall–Kier alpha value is -2.64. The molecular weight excluding hydrogens is 406 g/mol. The van der Waals surface area contributed by atoms with E-state index in [1.165, 1.54) is 11.8 Å². The maximum Gasteiger partial charge on any atom is 0.245 e. The lowest BCUT2D eigenvalue weighted by Crippen LogP contribution is -2.57. The largest absolute Gasteiger partial charge is 0.391 e. The zero-order valence-electron chi connectivity index (χ0n) is 18.0.